The largest absolute Gasteiger partial charge is 0.306 e. The summed E-state index contributed by atoms with van der Waals surface area (Å²) in [5.41, 5.74) is 4.73. The zero-order chi connectivity index (χ0) is 18.6. The van der Waals surface area contributed by atoms with Crippen molar-refractivity contribution >= 4 is 0 Å². The van der Waals surface area contributed by atoms with Crippen molar-refractivity contribution < 1.29 is 0 Å². The first-order valence-corrected chi connectivity index (χ1v) is 9.96. The molecule has 1 fully saturated rings. The average Bonchev–Trinajstić information content (AvgIpc) is 2.69. The van der Waals surface area contributed by atoms with E-state index in [4.69, 9.17) is 4.98 Å². The fourth-order valence-electron chi connectivity index (χ4n) is 5.18. The lowest BCUT2D eigenvalue weighted by Crippen LogP contribution is -2.50. The van der Waals surface area contributed by atoms with Crippen LogP contribution in [0.25, 0.3) is 11.4 Å². The van der Waals surface area contributed by atoms with Gasteiger partial charge in [0, 0.05) is 44.0 Å². The van der Waals surface area contributed by atoms with Crippen LogP contribution in [-0.2, 0) is 13.0 Å². The first-order chi connectivity index (χ1) is 13.0. The summed E-state index contributed by atoms with van der Waals surface area (Å²) in [6.45, 7) is 7.49. The predicted molar refractivity (Wildman–Crippen MR) is 105 cm³/mol. The van der Waals surface area contributed by atoms with Crippen molar-refractivity contribution in [2.24, 2.45) is 17.3 Å². The van der Waals surface area contributed by atoms with Gasteiger partial charge in [-0.25, -0.2) is 4.98 Å². The minimum absolute atomic E-state index is 0.00169. The molecule has 5 heteroatoms. The Bertz CT molecular complexity index is 960. The summed E-state index contributed by atoms with van der Waals surface area (Å²) in [7, 11) is 0. The highest BCUT2D eigenvalue weighted by Gasteiger charge is 2.51. The van der Waals surface area contributed by atoms with Crippen LogP contribution in [0.2, 0.25) is 0 Å². The van der Waals surface area contributed by atoms with Crippen molar-refractivity contribution in [1.82, 2.24) is 19.9 Å². The Labute approximate surface area is 159 Å². The van der Waals surface area contributed by atoms with Gasteiger partial charge >= 0.3 is 0 Å². The highest BCUT2D eigenvalue weighted by molar-refractivity contribution is 5.54. The van der Waals surface area contributed by atoms with Crippen molar-refractivity contribution in [3.05, 3.63) is 57.8 Å². The quantitative estimate of drug-likeness (QED) is 0.852. The van der Waals surface area contributed by atoms with Gasteiger partial charge in [-0.05, 0) is 42.2 Å². The molecule has 1 aliphatic heterocycles. The Morgan fingerprint density at radius 3 is 2.85 bits per heavy atom. The van der Waals surface area contributed by atoms with Crippen molar-refractivity contribution in [3.63, 3.8) is 0 Å². The second-order valence-corrected chi connectivity index (χ2v) is 8.86. The maximum Gasteiger partial charge on any atom is 0.255 e. The van der Waals surface area contributed by atoms with E-state index in [0.29, 0.717) is 17.8 Å². The molecular weight excluding hydrogens is 336 g/mol. The molecular formula is C22H26N4O. The van der Waals surface area contributed by atoms with Crippen molar-refractivity contribution in [1.29, 1.82) is 0 Å². The molecule has 2 aromatic heterocycles. The lowest BCUT2D eigenvalue weighted by atomic mass is 9.49. The second kappa shape index (κ2) is 6.13. The summed E-state index contributed by atoms with van der Waals surface area (Å²) in [6, 6.07) is 3.76. The minimum atomic E-state index is -0.00169. The molecule has 4 aliphatic rings. The molecule has 0 radical (unpaired) electrons. The summed E-state index contributed by atoms with van der Waals surface area (Å²) in [5, 5.41) is 0. The van der Waals surface area contributed by atoms with Crippen LogP contribution in [0.4, 0.5) is 0 Å². The number of aromatic amines is 1. The van der Waals surface area contributed by atoms with Gasteiger partial charge in [-0.3, -0.25) is 14.7 Å². The van der Waals surface area contributed by atoms with E-state index in [1.165, 1.54) is 12.8 Å². The normalized spacial score (nSPS) is 26.1. The van der Waals surface area contributed by atoms with Crippen molar-refractivity contribution in [2.45, 2.75) is 39.7 Å². The molecule has 1 N–H and O–H groups in total. The number of aromatic nitrogens is 3. The summed E-state index contributed by atoms with van der Waals surface area (Å²) in [4.78, 5) is 26.9. The van der Waals surface area contributed by atoms with Gasteiger partial charge in [-0.2, -0.15) is 0 Å². The Kier molecular flexibility index (Phi) is 3.83. The number of rotatable bonds is 3. The molecule has 0 spiro atoms. The first kappa shape index (κ1) is 16.9. The standard InChI is InChI=1S/C22H26N4O/c1-22(2)16-4-3-15(18(22)11-16)12-26-10-7-19-17(13-26)21(27)25-20(24-19)14-5-8-23-9-6-14/h3,5-6,8-9,16,18H,4,7,10-13H2,1-2H3,(H,24,25,27). The Morgan fingerprint density at radius 1 is 1.30 bits per heavy atom. The summed E-state index contributed by atoms with van der Waals surface area (Å²) in [6.07, 6.45) is 9.32. The van der Waals surface area contributed by atoms with Gasteiger partial charge in [0.1, 0.15) is 5.82 Å². The number of pyridine rings is 1. The minimum Gasteiger partial charge on any atom is -0.306 e. The van der Waals surface area contributed by atoms with Gasteiger partial charge < -0.3 is 4.98 Å². The Hall–Kier alpha value is -2.27. The zero-order valence-corrected chi connectivity index (χ0v) is 16.0. The summed E-state index contributed by atoms with van der Waals surface area (Å²) >= 11 is 0. The molecule has 2 atom stereocenters. The van der Waals surface area contributed by atoms with E-state index in [2.05, 4.69) is 34.8 Å². The van der Waals surface area contributed by atoms with Gasteiger partial charge in [-0.1, -0.05) is 25.5 Å². The molecule has 2 bridgehead atoms. The van der Waals surface area contributed by atoms with E-state index < -0.39 is 0 Å². The number of fused-ring (bicyclic) bond motifs is 2. The number of H-pyrrole nitrogens is 1. The van der Waals surface area contributed by atoms with Crippen LogP contribution in [0.1, 0.15) is 37.9 Å². The third-order valence-electron chi connectivity index (χ3n) is 7.09. The molecule has 0 amide bonds. The molecule has 140 valence electrons. The molecule has 2 unspecified atom stereocenters. The molecule has 1 saturated carbocycles. The topological polar surface area (TPSA) is 61.9 Å². The van der Waals surface area contributed by atoms with E-state index >= 15 is 0 Å². The average molecular weight is 362 g/mol. The number of hydrogen-bond acceptors (Lipinski definition) is 4. The fourth-order valence-corrected chi connectivity index (χ4v) is 5.18. The van der Waals surface area contributed by atoms with E-state index in [1.807, 2.05) is 12.1 Å². The van der Waals surface area contributed by atoms with Crippen LogP contribution in [0, 0.1) is 17.3 Å². The first-order valence-electron chi connectivity index (χ1n) is 9.96. The van der Waals surface area contributed by atoms with Gasteiger partial charge in [0.25, 0.3) is 5.56 Å². The van der Waals surface area contributed by atoms with Gasteiger partial charge in [0.05, 0.1) is 11.3 Å². The van der Waals surface area contributed by atoms with E-state index in [1.54, 1.807) is 18.0 Å². The summed E-state index contributed by atoms with van der Waals surface area (Å²) < 4.78 is 0. The lowest BCUT2D eigenvalue weighted by Gasteiger charge is -2.57. The smallest absolute Gasteiger partial charge is 0.255 e. The predicted octanol–water partition coefficient (Wildman–Crippen LogP) is 3.18. The highest BCUT2D eigenvalue weighted by Crippen LogP contribution is 2.59. The molecule has 3 heterocycles. The molecule has 3 aliphatic carbocycles. The van der Waals surface area contributed by atoms with E-state index in [0.717, 1.165) is 48.2 Å². The van der Waals surface area contributed by atoms with E-state index in [9.17, 15) is 4.79 Å². The van der Waals surface area contributed by atoms with Crippen molar-refractivity contribution in [2.75, 3.05) is 13.1 Å². The number of nitrogens with one attached hydrogen (secondary N) is 1. The maximum atomic E-state index is 12.7. The number of allylic oxidation sites excluding steroid dienone is 1. The number of hydrogen-bond donors (Lipinski definition) is 1. The molecule has 0 saturated heterocycles. The zero-order valence-electron chi connectivity index (χ0n) is 16.0. The monoisotopic (exact) mass is 362 g/mol. The molecule has 27 heavy (non-hydrogen) atoms. The fraction of sp³-hybridized carbons (Fsp3) is 0.500. The van der Waals surface area contributed by atoms with Crippen LogP contribution in [-0.4, -0.2) is 32.9 Å². The second-order valence-electron chi connectivity index (χ2n) is 8.86. The highest BCUT2D eigenvalue weighted by atomic mass is 16.1. The van der Waals surface area contributed by atoms with Crippen LogP contribution in [0.15, 0.2) is 41.0 Å². The van der Waals surface area contributed by atoms with Gasteiger partial charge in [0.15, 0.2) is 0 Å². The van der Waals surface area contributed by atoms with Crippen LogP contribution >= 0.6 is 0 Å². The van der Waals surface area contributed by atoms with Crippen LogP contribution in [0.5, 0.6) is 0 Å². The maximum absolute atomic E-state index is 12.7. The Balaban J connectivity index is 1.36. The third-order valence-corrected chi connectivity index (χ3v) is 7.09. The van der Waals surface area contributed by atoms with Gasteiger partial charge in [0.2, 0.25) is 0 Å². The molecule has 0 aromatic carbocycles. The van der Waals surface area contributed by atoms with Crippen molar-refractivity contribution in [3.8, 4) is 11.4 Å². The molecule has 6 rings (SSSR count). The molecule has 2 aromatic rings. The van der Waals surface area contributed by atoms with E-state index in [-0.39, 0.29) is 5.56 Å². The molecule has 5 nitrogen and oxygen atoms in total. The van der Waals surface area contributed by atoms with Gasteiger partial charge in [-0.15, -0.1) is 0 Å². The van der Waals surface area contributed by atoms with Crippen LogP contribution in [0.3, 0.4) is 0 Å². The number of nitrogens with zero attached hydrogens (tertiary/aromatic N) is 3. The summed E-state index contributed by atoms with van der Waals surface area (Å²) in [5.74, 6) is 2.24. The Morgan fingerprint density at radius 2 is 2.11 bits per heavy atom. The van der Waals surface area contributed by atoms with Crippen LogP contribution < -0.4 is 5.56 Å². The third kappa shape index (κ3) is 2.76. The SMILES string of the molecule is CC1(C)C2CC=C(CN3CCc4nc(-c5ccncc5)[nH]c(=O)c4C3)C1C2. The lowest BCUT2D eigenvalue weighted by molar-refractivity contribution is -0.0110.